The molecule has 0 fully saturated rings. The molecule has 0 saturated heterocycles. The average Bonchev–Trinajstić information content (AvgIpc) is 2.93. The third kappa shape index (κ3) is 2.83. The highest BCUT2D eigenvalue weighted by Gasteiger charge is 2.49. The Hall–Kier alpha value is -1.61. The summed E-state index contributed by atoms with van der Waals surface area (Å²) in [5.74, 6) is 0.438. The number of fused-ring (bicyclic) bond motifs is 1. The number of ketones is 1. The second-order valence-corrected chi connectivity index (χ2v) is 14.0. The van der Waals surface area contributed by atoms with Gasteiger partial charge in [0.1, 0.15) is 5.78 Å². The molecule has 122 valence electrons. The first-order valence-corrected chi connectivity index (χ1v) is 11.5. The molecule has 0 aliphatic heterocycles. The van der Waals surface area contributed by atoms with Crippen molar-refractivity contribution in [1.29, 1.82) is 0 Å². The highest BCUT2D eigenvalue weighted by atomic mass is 28.3. The zero-order valence-electron chi connectivity index (χ0n) is 14.9. The Morgan fingerprint density at radius 2 is 1.78 bits per heavy atom. The highest BCUT2D eigenvalue weighted by Crippen LogP contribution is 2.48. The summed E-state index contributed by atoms with van der Waals surface area (Å²) in [4.78, 5) is 12.7. The van der Waals surface area contributed by atoms with Gasteiger partial charge in [-0.3, -0.25) is 4.79 Å². The van der Waals surface area contributed by atoms with Crippen LogP contribution < -0.4 is 0 Å². The van der Waals surface area contributed by atoms with Crippen LogP contribution >= 0.6 is 0 Å². The highest BCUT2D eigenvalue weighted by molar-refractivity contribution is 6.84. The number of hydrogen-bond acceptors (Lipinski definition) is 1. The van der Waals surface area contributed by atoms with E-state index in [9.17, 15) is 4.79 Å². The fourth-order valence-corrected chi connectivity index (χ4v) is 6.36. The van der Waals surface area contributed by atoms with E-state index < -0.39 is 8.07 Å². The van der Waals surface area contributed by atoms with Crippen molar-refractivity contribution in [3.8, 4) is 0 Å². The van der Waals surface area contributed by atoms with Crippen LogP contribution in [0.4, 0.5) is 0 Å². The lowest BCUT2D eigenvalue weighted by molar-refractivity contribution is -0.117. The number of Topliss-reactive ketones (excluding diaryl/α,β-unsaturated/α-hetero) is 1. The van der Waals surface area contributed by atoms with Gasteiger partial charge in [-0.2, -0.15) is 0 Å². The van der Waals surface area contributed by atoms with Crippen molar-refractivity contribution in [2.45, 2.75) is 57.4 Å². The summed E-state index contributed by atoms with van der Waals surface area (Å²) in [5.41, 5.74) is 4.00. The lowest BCUT2D eigenvalue weighted by atomic mass is 10.2. The summed E-state index contributed by atoms with van der Waals surface area (Å²) in [6, 6.07) is 10.5. The van der Waals surface area contributed by atoms with Crippen LogP contribution in [0.5, 0.6) is 0 Å². The van der Waals surface area contributed by atoms with Crippen molar-refractivity contribution < 1.29 is 4.79 Å². The second-order valence-electron chi connectivity index (χ2n) is 8.44. The van der Waals surface area contributed by atoms with Crippen molar-refractivity contribution in [3.05, 3.63) is 59.4 Å². The zero-order valence-corrected chi connectivity index (χ0v) is 15.9. The molecule has 1 unspecified atom stereocenters. The van der Waals surface area contributed by atoms with Gasteiger partial charge >= 0.3 is 0 Å². The molecule has 0 radical (unpaired) electrons. The Morgan fingerprint density at radius 3 is 2.39 bits per heavy atom. The van der Waals surface area contributed by atoms with Gasteiger partial charge in [-0.15, -0.1) is 0 Å². The Bertz CT molecular complexity index is 722. The average molecular weight is 326 g/mol. The van der Waals surface area contributed by atoms with Gasteiger partial charge in [-0.25, -0.2) is 0 Å². The van der Waals surface area contributed by atoms with E-state index in [1.165, 1.54) is 16.7 Å². The topological polar surface area (TPSA) is 22.0 Å². The molecule has 0 amide bonds. The summed E-state index contributed by atoms with van der Waals surface area (Å²) < 4.78 is 2.26. The fourth-order valence-electron chi connectivity index (χ4n) is 3.55. The SMILES string of the molecule is CC(C)(C)[Si](C)(C)C1C(=O)Cc2cn(Cc3ccccc3)cc21. The Labute approximate surface area is 140 Å². The van der Waals surface area contributed by atoms with Crippen LogP contribution in [0.2, 0.25) is 18.1 Å². The molecule has 0 spiro atoms. The minimum absolute atomic E-state index is 0.148. The van der Waals surface area contributed by atoms with Gasteiger partial charge in [-0.1, -0.05) is 64.2 Å². The number of carbonyl (C=O) groups is 1. The standard InChI is InChI=1S/C20H27NOSi/c1-20(2,3)23(4,5)19-17-14-21(13-16(17)11-18(19)22)12-15-9-7-6-8-10-15/h6-10,13-14,19H,11-12H2,1-5H3. The lowest BCUT2D eigenvalue weighted by Crippen LogP contribution is -2.46. The maximum Gasteiger partial charge on any atom is 0.142 e. The molecule has 1 aliphatic rings. The number of rotatable bonds is 3. The number of aromatic nitrogens is 1. The second kappa shape index (κ2) is 5.48. The molecule has 2 nitrogen and oxygen atoms in total. The van der Waals surface area contributed by atoms with Gasteiger partial charge in [0.15, 0.2) is 0 Å². The molecular formula is C20H27NOSi. The van der Waals surface area contributed by atoms with Gasteiger partial charge in [0, 0.05) is 30.9 Å². The third-order valence-electron chi connectivity index (χ3n) is 5.86. The predicted molar refractivity (Wildman–Crippen MR) is 98.6 cm³/mol. The molecule has 1 atom stereocenters. The molecule has 0 N–H and O–H groups in total. The predicted octanol–water partition coefficient (Wildman–Crippen LogP) is 4.79. The Balaban J connectivity index is 1.93. The van der Waals surface area contributed by atoms with Crippen molar-refractivity contribution in [2.24, 2.45) is 0 Å². The summed E-state index contributed by atoms with van der Waals surface area (Å²) in [5, 5.41) is 0.219. The first-order chi connectivity index (χ1) is 10.7. The smallest absolute Gasteiger partial charge is 0.142 e. The molecular weight excluding hydrogens is 298 g/mol. The molecule has 1 heterocycles. The quantitative estimate of drug-likeness (QED) is 0.743. The van der Waals surface area contributed by atoms with Gasteiger partial charge in [0.2, 0.25) is 0 Å². The lowest BCUT2D eigenvalue weighted by Gasteiger charge is -2.41. The maximum absolute atomic E-state index is 12.7. The van der Waals surface area contributed by atoms with Gasteiger partial charge < -0.3 is 4.57 Å². The first-order valence-electron chi connectivity index (χ1n) is 8.45. The van der Waals surface area contributed by atoms with Crippen molar-refractivity contribution in [2.75, 3.05) is 0 Å². The fraction of sp³-hybridized carbons (Fsp3) is 0.450. The molecule has 0 bridgehead atoms. The Morgan fingerprint density at radius 1 is 1.13 bits per heavy atom. The van der Waals surface area contributed by atoms with Crippen molar-refractivity contribution in [1.82, 2.24) is 4.57 Å². The summed E-state index contributed by atoms with van der Waals surface area (Å²) >= 11 is 0. The molecule has 1 aromatic heterocycles. The number of nitrogens with zero attached hydrogens (tertiary/aromatic N) is 1. The normalized spacial score (nSPS) is 18.3. The van der Waals surface area contributed by atoms with Gasteiger partial charge in [0.25, 0.3) is 0 Å². The zero-order chi connectivity index (χ0) is 16.8. The summed E-state index contributed by atoms with van der Waals surface area (Å²) in [7, 11) is -1.73. The Kier molecular flexibility index (Phi) is 3.87. The van der Waals surface area contributed by atoms with Crippen molar-refractivity contribution >= 4 is 13.9 Å². The molecule has 1 aromatic carbocycles. The van der Waals surface area contributed by atoms with Gasteiger partial charge in [0.05, 0.1) is 8.07 Å². The van der Waals surface area contributed by atoms with Crippen LogP contribution in [0.25, 0.3) is 0 Å². The van der Waals surface area contributed by atoms with Crippen LogP contribution in [0.1, 0.15) is 43.0 Å². The van der Waals surface area contributed by atoms with E-state index in [1.54, 1.807) is 0 Å². The van der Waals surface area contributed by atoms with E-state index >= 15 is 0 Å². The van der Waals surface area contributed by atoms with Crippen LogP contribution in [-0.4, -0.2) is 18.4 Å². The van der Waals surface area contributed by atoms with Crippen LogP contribution in [-0.2, 0) is 17.8 Å². The van der Waals surface area contributed by atoms with Crippen LogP contribution in [0, 0.1) is 0 Å². The minimum Gasteiger partial charge on any atom is -0.349 e. The van der Waals surface area contributed by atoms with E-state index in [-0.39, 0.29) is 10.6 Å². The molecule has 0 saturated carbocycles. The van der Waals surface area contributed by atoms with E-state index in [0.717, 1.165) is 6.54 Å². The summed E-state index contributed by atoms with van der Waals surface area (Å²) in [6.07, 6.45) is 5.04. The molecule has 23 heavy (non-hydrogen) atoms. The molecule has 2 aromatic rings. The first kappa shape index (κ1) is 16.3. The van der Waals surface area contributed by atoms with Gasteiger partial charge in [-0.05, 0) is 21.7 Å². The van der Waals surface area contributed by atoms with Crippen molar-refractivity contribution in [3.63, 3.8) is 0 Å². The molecule has 1 aliphatic carbocycles. The van der Waals surface area contributed by atoms with E-state index in [0.29, 0.717) is 12.2 Å². The van der Waals surface area contributed by atoms with Crippen LogP contribution in [0.3, 0.4) is 0 Å². The molecule has 3 heteroatoms. The number of carbonyl (C=O) groups excluding carboxylic acids is 1. The van der Waals surface area contributed by atoms with E-state index in [4.69, 9.17) is 0 Å². The number of benzene rings is 1. The maximum atomic E-state index is 12.7. The third-order valence-corrected chi connectivity index (χ3v) is 11.8. The number of hydrogen-bond donors (Lipinski definition) is 0. The largest absolute Gasteiger partial charge is 0.349 e. The van der Waals surface area contributed by atoms with E-state index in [2.05, 4.69) is 75.1 Å². The van der Waals surface area contributed by atoms with E-state index in [1.807, 2.05) is 6.07 Å². The molecule has 3 rings (SSSR count). The minimum atomic E-state index is -1.73. The monoisotopic (exact) mass is 325 g/mol. The van der Waals surface area contributed by atoms with Crippen LogP contribution in [0.15, 0.2) is 42.7 Å². The summed E-state index contributed by atoms with van der Waals surface area (Å²) in [6.45, 7) is 12.5.